The van der Waals surface area contributed by atoms with Gasteiger partial charge < -0.3 is 19.1 Å². The molecule has 1 saturated heterocycles. The summed E-state index contributed by atoms with van der Waals surface area (Å²) in [6.45, 7) is 0.508. The molecule has 2 heterocycles. The molecule has 20 heteroatoms. The van der Waals surface area contributed by atoms with Crippen LogP contribution in [0.25, 0.3) is 0 Å². The summed E-state index contributed by atoms with van der Waals surface area (Å²) < 4.78 is 121. The molecule has 42 heavy (non-hydrogen) atoms. The van der Waals surface area contributed by atoms with E-state index < -0.39 is 80.6 Å². The van der Waals surface area contributed by atoms with E-state index in [4.69, 9.17) is 14.1 Å². The maximum Gasteiger partial charge on any atom is 0.434 e. The van der Waals surface area contributed by atoms with Crippen molar-refractivity contribution in [2.75, 3.05) is 6.61 Å². The number of halogens is 7. The number of para-hydroxylation sites is 1. The number of alkyl halides is 7. The van der Waals surface area contributed by atoms with Gasteiger partial charge in [0.1, 0.15) is 24.0 Å². The first-order valence-corrected chi connectivity index (χ1v) is 13.0. The molecule has 0 spiro atoms. The number of aliphatic hydroxyl groups is 1. The van der Waals surface area contributed by atoms with Crippen LogP contribution in [0.3, 0.4) is 0 Å². The number of nitrogens with zero attached hydrogens (tertiary/aromatic N) is 2. The summed E-state index contributed by atoms with van der Waals surface area (Å²) in [4.78, 5) is 43.0. The number of hydroxylamine groups is 1. The van der Waals surface area contributed by atoms with Gasteiger partial charge in [-0.3, -0.25) is 28.5 Å². The molecule has 1 aliphatic heterocycles. The van der Waals surface area contributed by atoms with Gasteiger partial charge in [0.2, 0.25) is 0 Å². The van der Waals surface area contributed by atoms with E-state index in [-0.39, 0.29) is 10.6 Å². The lowest BCUT2D eigenvalue weighted by atomic mass is 9.98. The van der Waals surface area contributed by atoms with Crippen LogP contribution in [0.2, 0.25) is 0 Å². The molecule has 0 radical (unpaired) electrons. The van der Waals surface area contributed by atoms with Crippen LogP contribution in [0, 0.1) is 0 Å². The number of aliphatic hydroxyl groups excluding tert-OH is 1. The number of esters is 1. The summed E-state index contributed by atoms with van der Waals surface area (Å²) in [5, 5.41) is 10.5. The Kier molecular flexibility index (Phi) is 9.93. The van der Waals surface area contributed by atoms with E-state index in [1.54, 1.807) is 0 Å². The van der Waals surface area contributed by atoms with Crippen molar-refractivity contribution in [2.24, 2.45) is 0 Å². The van der Waals surface area contributed by atoms with Gasteiger partial charge in [-0.25, -0.2) is 9.18 Å². The van der Waals surface area contributed by atoms with Gasteiger partial charge in [-0.2, -0.15) is 26.3 Å². The molecule has 2 unspecified atom stereocenters. The van der Waals surface area contributed by atoms with Crippen LogP contribution in [0.1, 0.15) is 20.1 Å². The van der Waals surface area contributed by atoms with Crippen molar-refractivity contribution in [1.82, 2.24) is 14.4 Å². The zero-order valence-corrected chi connectivity index (χ0v) is 22.4. The first-order chi connectivity index (χ1) is 19.3. The molecule has 234 valence electrons. The minimum Gasteiger partial charge on any atom is -0.442 e. The van der Waals surface area contributed by atoms with Crippen LogP contribution in [0.4, 0.5) is 30.7 Å². The van der Waals surface area contributed by atoms with Crippen molar-refractivity contribution in [3.8, 4) is 5.75 Å². The SMILES string of the molecule is CC(C(=O)OC(C(F)(F)F)C(F)(F)F)N(OC[C@H]1O[C@@H](n2ccc(=O)[nH]c2=O)[C@](C)(F)[C@@H]1O)[PH](=O)Oc1ccccc1. The molecule has 0 saturated carbocycles. The van der Waals surface area contributed by atoms with Gasteiger partial charge in [0.15, 0.2) is 11.9 Å². The summed E-state index contributed by atoms with van der Waals surface area (Å²) in [6.07, 6.45) is -21.4. The van der Waals surface area contributed by atoms with Crippen LogP contribution >= 0.6 is 8.18 Å². The molecule has 3 rings (SSSR count). The minimum absolute atomic E-state index is 0.0922. The Hall–Kier alpha value is -3.25. The molecular formula is C22H23F7N3O9P. The van der Waals surface area contributed by atoms with Crippen LogP contribution in [0.15, 0.2) is 52.2 Å². The van der Waals surface area contributed by atoms with E-state index in [9.17, 15) is 50.4 Å². The number of hydrogen-bond donors (Lipinski definition) is 2. The smallest absolute Gasteiger partial charge is 0.434 e. The van der Waals surface area contributed by atoms with Gasteiger partial charge in [0, 0.05) is 12.3 Å². The van der Waals surface area contributed by atoms with Gasteiger partial charge in [0.05, 0.1) is 6.61 Å². The molecular weight excluding hydrogens is 614 g/mol. The van der Waals surface area contributed by atoms with E-state index in [1.165, 1.54) is 30.3 Å². The van der Waals surface area contributed by atoms with Gasteiger partial charge in [-0.05, 0) is 26.0 Å². The Bertz CT molecular complexity index is 1370. The van der Waals surface area contributed by atoms with Gasteiger partial charge in [-0.1, -0.05) is 23.0 Å². The van der Waals surface area contributed by atoms with Gasteiger partial charge in [-0.15, -0.1) is 0 Å². The first kappa shape index (κ1) is 33.3. The highest BCUT2D eigenvalue weighted by atomic mass is 31.1. The second kappa shape index (κ2) is 12.5. The molecule has 0 amide bonds. The number of benzene rings is 1. The Morgan fingerprint density at radius 3 is 2.31 bits per heavy atom. The largest absolute Gasteiger partial charge is 0.442 e. The predicted octanol–water partition coefficient (Wildman–Crippen LogP) is 2.65. The summed E-state index contributed by atoms with van der Waals surface area (Å²) in [5.41, 5.74) is -4.67. The lowest BCUT2D eigenvalue weighted by Gasteiger charge is -2.29. The number of H-pyrrole nitrogens is 1. The number of nitrogens with one attached hydrogen (secondary N) is 1. The van der Waals surface area contributed by atoms with Crippen molar-refractivity contribution in [2.45, 2.75) is 62.5 Å². The second-order valence-electron chi connectivity index (χ2n) is 9.02. The molecule has 1 aromatic carbocycles. The number of ether oxygens (including phenoxy) is 2. The fourth-order valence-electron chi connectivity index (χ4n) is 3.70. The zero-order valence-electron chi connectivity index (χ0n) is 21.4. The Morgan fingerprint density at radius 1 is 1.17 bits per heavy atom. The lowest BCUT2D eigenvalue weighted by molar-refractivity contribution is -0.315. The molecule has 2 aromatic rings. The molecule has 0 bridgehead atoms. The maximum atomic E-state index is 15.4. The average molecular weight is 637 g/mol. The van der Waals surface area contributed by atoms with E-state index in [0.29, 0.717) is 11.5 Å². The van der Waals surface area contributed by atoms with Crippen LogP contribution in [-0.2, 0) is 23.7 Å². The van der Waals surface area contributed by atoms with E-state index in [1.807, 2.05) is 4.98 Å². The molecule has 2 N–H and O–H groups in total. The average Bonchev–Trinajstić information content (AvgIpc) is 3.09. The molecule has 12 nitrogen and oxygen atoms in total. The Labute approximate surface area is 231 Å². The highest BCUT2D eigenvalue weighted by molar-refractivity contribution is 7.36. The molecule has 6 atom stereocenters. The highest BCUT2D eigenvalue weighted by Crippen LogP contribution is 2.42. The normalized spacial score (nSPS) is 24.5. The molecule has 1 aliphatic rings. The van der Waals surface area contributed by atoms with Crippen LogP contribution in [0.5, 0.6) is 5.75 Å². The summed E-state index contributed by atoms with van der Waals surface area (Å²) in [6, 6.07) is 5.54. The third kappa shape index (κ3) is 7.57. The topological polar surface area (TPSA) is 149 Å². The van der Waals surface area contributed by atoms with E-state index in [2.05, 4.69) is 4.74 Å². The number of rotatable bonds is 10. The zero-order chi connectivity index (χ0) is 31.6. The molecule has 0 aliphatic carbocycles. The van der Waals surface area contributed by atoms with Crippen molar-refractivity contribution < 1.29 is 64.0 Å². The summed E-state index contributed by atoms with van der Waals surface area (Å²) in [5.74, 6) is -2.28. The van der Waals surface area contributed by atoms with Crippen molar-refractivity contribution >= 4 is 14.1 Å². The Balaban J connectivity index is 1.85. The molecule has 1 aromatic heterocycles. The van der Waals surface area contributed by atoms with Gasteiger partial charge >= 0.3 is 32.2 Å². The number of carbonyl (C=O) groups excluding carboxylic acids is 1. The highest BCUT2D eigenvalue weighted by Gasteiger charge is 2.60. The monoisotopic (exact) mass is 637 g/mol. The summed E-state index contributed by atoms with van der Waals surface area (Å²) >= 11 is 0. The van der Waals surface area contributed by atoms with Crippen molar-refractivity contribution in [3.63, 3.8) is 0 Å². The number of aromatic amines is 1. The number of hydrogen-bond acceptors (Lipinski definition) is 9. The van der Waals surface area contributed by atoms with E-state index in [0.717, 1.165) is 19.2 Å². The third-order valence-corrected chi connectivity index (χ3v) is 7.14. The van der Waals surface area contributed by atoms with E-state index >= 15 is 4.39 Å². The minimum atomic E-state index is -6.05. The maximum absolute atomic E-state index is 15.4. The standard InChI is InChI=1S/C22H23F7N3O9P/c1-11(16(35)40-17(21(24,25)26)22(27,28)29)32(42(37)41-12-6-4-3-5-7-12)38-10-13-15(34)20(2,23)18(39-13)31-9-8-14(33)30-19(31)36/h3-9,11,13,15,17-18,34,42H,10H2,1-2H3,(H,30,33,36)/t11?,13-,15-,18-,20-/m1/s1. The van der Waals surface area contributed by atoms with Crippen molar-refractivity contribution in [1.29, 1.82) is 0 Å². The third-order valence-electron chi connectivity index (χ3n) is 5.85. The number of aromatic nitrogens is 2. The van der Waals surface area contributed by atoms with Crippen LogP contribution < -0.4 is 15.8 Å². The quantitative estimate of drug-likeness (QED) is 0.172. The fraction of sp³-hybridized carbons (Fsp3) is 0.500. The Morgan fingerprint density at radius 2 is 1.76 bits per heavy atom. The predicted molar refractivity (Wildman–Crippen MR) is 126 cm³/mol. The fourth-order valence-corrected chi connectivity index (χ4v) is 4.73. The second-order valence-corrected chi connectivity index (χ2v) is 10.2. The van der Waals surface area contributed by atoms with Crippen LogP contribution in [-0.4, -0.2) is 74.4 Å². The van der Waals surface area contributed by atoms with Crippen molar-refractivity contribution in [3.05, 3.63) is 63.4 Å². The first-order valence-electron chi connectivity index (χ1n) is 11.7. The van der Waals surface area contributed by atoms with Gasteiger partial charge in [0.25, 0.3) is 11.7 Å². The number of carbonyl (C=O) groups is 1. The molecule has 1 fully saturated rings. The summed E-state index contributed by atoms with van der Waals surface area (Å²) in [7, 11) is -3.87. The lowest BCUT2D eigenvalue weighted by Crippen LogP contribution is -2.49.